The van der Waals surface area contributed by atoms with Crippen LogP contribution in [-0.2, 0) is 9.87 Å². The van der Waals surface area contributed by atoms with Crippen molar-refractivity contribution in [3.05, 3.63) is 120 Å². The molecule has 2 unspecified atom stereocenters. The predicted molar refractivity (Wildman–Crippen MR) is 122 cm³/mol. The van der Waals surface area contributed by atoms with Gasteiger partial charge in [0.25, 0.3) is 0 Å². The highest BCUT2D eigenvalue weighted by molar-refractivity contribution is 8.04. The van der Waals surface area contributed by atoms with Crippen molar-refractivity contribution in [1.29, 1.82) is 0 Å². The third-order valence-corrected chi connectivity index (χ3v) is 8.49. The smallest absolute Gasteiger partial charge is 0.238 e. The van der Waals surface area contributed by atoms with Crippen LogP contribution in [0.4, 0.5) is 0 Å². The molecule has 0 spiro atoms. The van der Waals surface area contributed by atoms with E-state index in [-0.39, 0.29) is 0 Å². The Morgan fingerprint density at radius 2 is 0.800 bits per heavy atom. The van der Waals surface area contributed by atoms with Gasteiger partial charge < -0.3 is 9.47 Å². The van der Waals surface area contributed by atoms with Crippen molar-refractivity contribution >= 4 is 23.5 Å². The summed E-state index contributed by atoms with van der Waals surface area (Å²) in [5.41, 5.74) is 2.16. The number of hydrogen-bond acceptors (Lipinski definition) is 4. The standard InChI is InChI=1S/C26H18O2S2/c1-3-11-19(12-4-1)25(27-21-15-7-9-17-23(21)29-25)26(20-13-5-2-6-14-20)28-22-16-8-10-18-24(22)30-26/h1-18H. The Morgan fingerprint density at radius 1 is 0.433 bits per heavy atom. The third kappa shape index (κ3) is 2.54. The SMILES string of the molecule is c1ccc(C2(C3(c4ccccc4)Oc4ccccc4S3)Oc3ccccc3S2)cc1. The van der Waals surface area contributed by atoms with E-state index >= 15 is 0 Å². The van der Waals surface area contributed by atoms with Gasteiger partial charge in [-0.1, -0.05) is 108 Å². The third-order valence-electron chi connectivity index (χ3n) is 5.45. The summed E-state index contributed by atoms with van der Waals surface area (Å²) < 4.78 is 13.7. The molecular formula is C26H18O2S2. The maximum atomic E-state index is 6.87. The minimum Gasteiger partial charge on any atom is -0.465 e. The van der Waals surface area contributed by atoms with E-state index < -0.39 is 9.87 Å². The molecule has 2 atom stereocenters. The van der Waals surface area contributed by atoms with Crippen LogP contribution < -0.4 is 9.47 Å². The molecule has 0 aliphatic carbocycles. The molecule has 2 aliphatic rings. The average molecular weight is 427 g/mol. The van der Waals surface area contributed by atoms with Gasteiger partial charge in [-0.15, -0.1) is 0 Å². The van der Waals surface area contributed by atoms with Gasteiger partial charge in [-0.3, -0.25) is 0 Å². The van der Waals surface area contributed by atoms with E-state index in [1.54, 1.807) is 23.5 Å². The Bertz CT molecular complexity index is 1060. The molecule has 4 aromatic carbocycles. The number of thioether (sulfide) groups is 2. The summed E-state index contributed by atoms with van der Waals surface area (Å²) in [6, 6.07) is 37.4. The molecule has 0 aromatic heterocycles. The fraction of sp³-hybridized carbons (Fsp3) is 0.0769. The summed E-state index contributed by atoms with van der Waals surface area (Å²) in [4.78, 5) is 0.667. The zero-order chi connectivity index (χ0) is 20.0. The van der Waals surface area contributed by atoms with Crippen LogP contribution >= 0.6 is 23.5 Å². The molecule has 4 aromatic rings. The molecule has 2 heterocycles. The van der Waals surface area contributed by atoms with Crippen LogP contribution in [0.15, 0.2) is 119 Å². The fourth-order valence-electron chi connectivity index (χ4n) is 4.10. The lowest BCUT2D eigenvalue weighted by atomic mass is 9.96. The second kappa shape index (κ2) is 6.86. The molecule has 0 saturated carbocycles. The maximum absolute atomic E-state index is 6.87. The summed E-state index contributed by atoms with van der Waals surface area (Å²) in [5, 5.41) is 0. The molecule has 6 rings (SSSR count). The highest BCUT2D eigenvalue weighted by Gasteiger charge is 2.65. The lowest BCUT2D eigenvalue weighted by Crippen LogP contribution is -2.49. The number of para-hydroxylation sites is 2. The van der Waals surface area contributed by atoms with Crippen molar-refractivity contribution < 1.29 is 9.47 Å². The molecule has 4 heteroatoms. The van der Waals surface area contributed by atoms with Crippen LogP contribution in [0.5, 0.6) is 11.5 Å². The summed E-state index contributed by atoms with van der Waals surface area (Å²) >= 11 is 3.46. The summed E-state index contributed by atoms with van der Waals surface area (Å²) in [7, 11) is 0. The first-order valence-electron chi connectivity index (χ1n) is 9.86. The summed E-state index contributed by atoms with van der Waals surface area (Å²) in [5.74, 6) is 1.78. The highest BCUT2D eigenvalue weighted by atomic mass is 32.2. The monoisotopic (exact) mass is 426 g/mol. The van der Waals surface area contributed by atoms with E-state index in [2.05, 4.69) is 72.8 Å². The molecule has 0 amide bonds. The lowest BCUT2D eigenvalue weighted by molar-refractivity contribution is 0.00548. The molecule has 146 valence electrons. The predicted octanol–water partition coefficient (Wildman–Crippen LogP) is 7.06. The van der Waals surface area contributed by atoms with Gasteiger partial charge in [-0.2, -0.15) is 0 Å². The second-order valence-electron chi connectivity index (χ2n) is 7.27. The Labute approximate surface area is 184 Å². The molecular weight excluding hydrogens is 408 g/mol. The zero-order valence-electron chi connectivity index (χ0n) is 16.0. The molecule has 0 fully saturated rings. The van der Waals surface area contributed by atoms with Gasteiger partial charge in [-0.05, 0) is 24.3 Å². The number of rotatable bonds is 3. The minimum atomic E-state index is -0.789. The fourth-order valence-corrected chi connectivity index (χ4v) is 7.04. The van der Waals surface area contributed by atoms with Crippen LogP contribution in [0.25, 0.3) is 0 Å². The van der Waals surface area contributed by atoms with Crippen molar-refractivity contribution in [2.24, 2.45) is 0 Å². The van der Waals surface area contributed by atoms with E-state index in [4.69, 9.17) is 9.47 Å². The lowest BCUT2D eigenvalue weighted by Gasteiger charge is -2.43. The van der Waals surface area contributed by atoms with Crippen LogP contribution in [0.2, 0.25) is 0 Å². The Morgan fingerprint density at radius 3 is 1.20 bits per heavy atom. The largest absolute Gasteiger partial charge is 0.465 e. The number of hydrogen-bond donors (Lipinski definition) is 0. The van der Waals surface area contributed by atoms with Gasteiger partial charge in [0.2, 0.25) is 9.87 Å². The van der Waals surface area contributed by atoms with E-state index in [0.717, 1.165) is 32.4 Å². The first kappa shape index (κ1) is 18.0. The van der Waals surface area contributed by atoms with E-state index in [0.29, 0.717) is 0 Å². The van der Waals surface area contributed by atoms with Gasteiger partial charge in [0.05, 0.1) is 9.79 Å². The van der Waals surface area contributed by atoms with Gasteiger partial charge in [-0.25, -0.2) is 0 Å². The topological polar surface area (TPSA) is 18.5 Å². The van der Waals surface area contributed by atoms with Crippen molar-refractivity contribution in [3.8, 4) is 11.5 Å². The van der Waals surface area contributed by atoms with E-state index in [1.165, 1.54) is 0 Å². The number of ether oxygens (including phenoxy) is 2. The van der Waals surface area contributed by atoms with Crippen LogP contribution in [0.1, 0.15) is 11.1 Å². The minimum absolute atomic E-state index is 0.789. The number of fused-ring (bicyclic) bond motifs is 2. The summed E-state index contributed by atoms with van der Waals surface area (Å²) in [6.07, 6.45) is 0. The van der Waals surface area contributed by atoms with Gasteiger partial charge in [0.1, 0.15) is 11.5 Å². The normalized spacial score (nSPS) is 23.9. The molecule has 0 N–H and O–H groups in total. The maximum Gasteiger partial charge on any atom is 0.238 e. The van der Waals surface area contributed by atoms with Crippen molar-refractivity contribution in [2.75, 3.05) is 0 Å². The van der Waals surface area contributed by atoms with Crippen LogP contribution in [0, 0.1) is 0 Å². The zero-order valence-corrected chi connectivity index (χ0v) is 17.7. The first-order chi connectivity index (χ1) is 14.8. The molecule has 0 radical (unpaired) electrons. The Hall–Kier alpha value is -2.82. The Kier molecular flexibility index (Phi) is 4.12. The van der Waals surface area contributed by atoms with Crippen molar-refractivity contribution in [3.63, 3.8) is 0 Å². The second-order valence-corrected chi connectivity index (χ2v) is 9.70. The van der Waals surface area contributed by atoms with Crippen LogP contribution in [-0.4, -0.2) is 0 Å². The summed E-state index contributed by atoms with van der Waals surface area (Å²) in [6.45, 7) is 0. The quantitative estimate of drug-likeness (QED) is 0.349. The van der Waals surface area contributed by atoms with E-state index in [1.807, 2.05) is 36.4 Å². The van der Waals surface area contributed by atoms with Crippen molar-refractivity contribution in [2.45, 2.75) is 19.7 Å². The van der Waals surface area contributed by atoms with Crippen molar-refractivity contribution in [1.82, 2.24) is 0 Å². The molecule has 30 heavy (non-hydrogen) atoms. The van der Waals surface area contributed by atoms with Crippen LogP contribution in [0.3, 0.4) is 0 Å². The molecule has 2 nitrogen and oxygen atoms in total. The molecule has 2 aliphatic heterocycles. The van der Waals surface area contributed by atoms with Gasteiger partial charge in [0, 0.05) is 11.1 Å². The molecule has 0 saturated heterocycles. The average Bonchev–Trinajstić information content (AvgIpc) is 3.41. The van der Waals surface area contributed by atoms with E-state index in [9.17, 15) is 0 Å². The molecule has 0 bridgehead atoms. The highest BCUT2D eigenvalue weighted by Crippen LogP contribution is 2.69. The van der Waals surface area contributed by atoms with Gasteiger partial charge >= 0.3 is 0 Å². The first-order valence-corrected chi connectivity index (χ1v) is 11.5. The Balaban J connectivity index is 1.63. The van der Waals surface area contributed by atoms with Gasteiger partial charge in [0.15, 0.2) is 0 Å². The number of benzene rings is 4.